The number of amides is 1. The fourth-order valence-corrected chi connectivity index (χ4v) is 3.94. The van der Waals surface area contributed by atoms with Crippen molar-refractivity contribution in [2.24, 2.45) is 0 Å². The topological polar surface area (TPSA) is 76.9 Å². The number of anilines is 1. The molecule has 0 radical (unpaired) electrons. The van der Waals surface area contributed by atoms with Gasteiger partial charge in [0, 0.05) is 23.5 Å². The van der Waals surface area contributed by atoms with Crippen LogP contribution in [0.2, 0.25) is 0 Å². The van der Waals surface area contributed by atoms with Gasteiger partial charge in [-0.05, 0) is 61.9 Å². The first-order valence-corrected chi connectivity index (χ1v) is 9.65. The number of carbonyl (C=O) groups excluding carboxylic acids is 1. The molecule has 4 rings (SSSR count). The molecule has 1 N–H and O–H groups in total. The van der Waals surface area contributed by atoms with E-state index in [2.05, 4.69) is 34.5 Å². The molecule has 6 nitrogen and oxygen atoms in total. The number of benzene rings is 2. The number of aryl methyl sites for hydroxylation is 1. The molecular weight excluding hydrogens is 372 g/mol. The minimum absolute atomic E-state index is 0.302. The second-order valence-electron chi connectivity index (χ2n) is 6.54. The number of hydrogen-bond acceptors (Lipinski definition) is 5. The van der Waals surface area contributed by atoms with Crippen LogP contribution in [-0.4, -0.2) is 20.7 Å². The van der Waals surface area contributed by atoms with Crippen LogP contribution in [0.3, 0.4) is 0 Å². The molecule has 0 aliphatic rings. The molecule has 140 valence electrons. The van der Waals surface area contributed by atoms with Crippen LogP contribution in [0.25, 0.3) is 20.8 Å². The molecule has 0 fully saturated rings. The third-order valence-corrected chi connectivity index (χ3v) is 5.50. The molecule has 7 heteroatoms. The van der Waals surface area contributed by atoms with Gasteiger partial charge in [-0.25, -0.2) is 9.67 Å². The van der Waals surface area contributed by atoms with Gasteiger partial charge in [0.2, 0.25) is 5.91 Å². The monoisotopic (exact) mass is 390 g/mol. The van der Waals surface area contributed by atoms with Crippen molar-refractivity contribution in [3.8, 4) is 10.6 Å². The van der Waals surface area contributed by atoms with Crippen molar-refractivity contribution >= 4 is 33.1 Å². The first-order chi connectivity index (χ1) is 13.5. The Labute approximate surface area is 165 Å². The number of hydrogen-bond donors (Lipinski definition) is 1. The summed E-state index contributed by atoms with van der Waals surface area (Å²) in [4.78, 5) is 29.0. The van der Waals surface area contributed by atoms with Crippen molar-refractivity contribution in [1.82, 2.24) is 14.8 Å². The average molecular weight is 390 g/mol. The number of aromatic nitrogens is 3. The van der Waals surface area contributed by atoms with Crippen molar-refractivity contribution < 1.29 is 4.79 Å². The van der Waals surface area contributed by atoms with Crippen LogP contribution >= 0.6 is 11.3 Å². The van der Waals surface area contributed by atoms with Gasteiger partial charge in [0.1, 0.15) is 11.0 Å². The fourth-order valence-electron chi connectivity index (χ4n) is 2.87. The fraction of sp³-hybridized carbons (Fsp3) is 0.143. The van der Waals surface area contributed by atoms with Crippen LogP contribution < -0.4 is 10.9 Å². The van der Waals surface area contributed by atoms with E-state index in [1.165, 1.54) is 17.8 Å². The molecule has 1 amide bonds. The van der Waals surface area contributed by atoms with E-state index in [1.54, 1.807) is 24.3 Å². The highest BCUT2D eigenvalue weighted by Crippen LogP contribution is 2.31. The second-order valence-corrected chi connectivity index (χ2v) is 7.57. The van der Waals surface area contributed by atoms with E-state index in [4.69, 9.17) is 0 Å². The number of carbonyl (C=O) groups is 1. The molecule has 0 bridgehead atoms. The maximum atomic E-state index is 12.4. The largest absolute Gasteiger partial charge is 0.324 e. The Balaban J connectivity index is 1.52. The van der Waals surface area contributed by atoms with Crippen LogP contribution in [0, 0.1) is 6.92 Å². The average Bonchev–Trinajstić information content (AvgIpc) is 3.11. The summed E-state index contributed by atoms with van der Waals surface area (Å²) in [5, 5.41) is 7.72. The molecule has 2 aromatic carbocycles. The molecule has 0 aliphatic carbocycles. The third kappa shape index (κ3) is 3.57. The number of fused-ring (bicyclic) bond motifs is 1. The summed E-state index contributed by atoms with van der Waals surface area (Å²) in [6, 6.07) is 16.0. The van der Waals surface area contributed by atoms with Gasteiger partial charge in [-0.2, -0.15) is 5.10 Å². The highest BCUT2D eigenvalue weighted by atomic mass is 32.1. The Morgan fingerprint density at radius 1 is 1.14 bits per heavy atom. The SMILES string of the molecule is Cc1ccc2nc(-c3ccc(NC(=O)C(C)n4ncccc4=O)cc3)sc2c1. The van der Waals surface area contributed by atoms with E-state index in [9.17, 15) is 9.59 Å². The van der Waals surface area contributed by atoms with E-state index in [-0.39, 0.29) is 11.5 Å². The van der Waals surface area contributed by atoms with E-state index in [0.717, 1.165) is 25.5 Å². The zero-order valence-electron chi connectivity index (χ0n) is 15.4. The predicted molar refractivity (Wildman–Crippen MR) is 112 cm³/mol. The van der Waals surface area contributed by atoms with Gasteiger partial charge in [0.25, 0.3) is 5.56 Å². The zero-order chi connectivity index (χ0) is 19.7. The zero-order valence-corrected chi connectivity index (χ0v) is 16.2. The van der Waals surface area contributed by atoms with Gasteiger partial charge < -0.3 is 5.32 Å². The molecule has 1 atom stereocenters. The lowest BCUT2D eigenvalue weighted by atomic mass is 10.2. The van der Waals surface area contributed by atoms with E-state index in [0.29, 0.717) is 5.69 Å². The second kappa shape index (κ2) is 7.36. The Bertz CT molecular complexity index is 1210. The quantitative estimate of drug-likeness (QED) is 0.571. The molecule has 0 saturated heterocycles. The van der Waals surface area contributed by atoms with Crippen LogP contribution in [0.1, 0.15) is 18.5 Å². The van der Waals surface area contributed by atoms with E-state index in [1.807, 2.05) is 30.3 Å². The summed E-state index contributed by atoms with van der Waals surface area (Å²) in [6.07, 6.45) is 1.49. The van der Waals surface area contributed by atoms with Crippen LogP contribution in [0.4, 0.5) is 5.69 Å². The molecular formula is C21H18N4O2S. The van der Waals surface area contributed by atoms with Crippen LogP contribution in [0.15, 0.2) is 65.6 Å². The van der Waals surface area contributed by atoms with E-state index >= 15 is 0 Å². The van der Waals surface area contributed by atoms with Crippen molar-refractivity contribution in [1.29, 1.82) is 0 Å². The lowest BCUT2D eigenvalue weighted by molar-refractivity contribution is -0.119. The van der Waals surface area contributed by atoms with Crippen molar-refractivity contribution in [2.45, 2.75) is 19.9 Å². The van der Waals surface area contributed by atoms with Gasteiger partial charge >= 0.3 is 0 Å². The van der Waals surface area contributed by atoms with Crippen LogP contribution in [0.5, 0.6) is 0 Å². The molecule has 1 unspecified atom stereocenters. The van der Waals surface area contributed by atoms with Gasteiger partial charge in [0.15, 0.2) is 0 Å². The highest BCUT2D eigenvalue weighted by molar-refractivity contribution is 7.21. The first-order valence-electron chi connectivity index (χ1n) is 8.83. The molecule has 0 aliphatic heterocycles. The smallest absolute Gasteiger partial charge is 0.267 e. The molecule has 0 saturated carbocycles. The summed E-state index contributed by atoms with van der Waals surface area (Å²) >= 11 is 1.64. The highest BCUT2D eigenvalue weighted by Gasteiger charge is 2.17. The first kappa shape index (κ1) is 18.1. The normalized spacial score (nSPS) is 12.1. The summed E-state index contributed by atoms with van der Waals surface area (Å²) < 4.78 is 2.31. The van der Waals surface area contributed by atoms with Crippen molar-refractivity contribution in [2.75, 3.05) is 5.32 Å². The van der Waals surface area contributed by atoms with Crippen molar-refractivity contribution in [3.05, 3.63) is 76.7 Å². The van der Waals surface area contributed by atoms with Gasteiger partial charge in [-0.15, -0.1) is 11.3 Å². The molecule has 2 heterocycles. The number of nitrogens with zero attached hydrogens (tertiary/aromatic N) is 3. The van der Waals surface area contributed by atoms with Crippen LogP contribution in [-0.2, 0) is 4.79 Å². The molecule has 28 heavy (non-hydrogen) atoms. The number of nitrogens with one attached hydrogen (secondary N) is 1. The third-order valence-electron chi connectivity index (χ3n) is 4.43. The predicted octanol–water partition coefficient (Wildman–Crippen LogP) is 4.03. The Morgan fingerprint density at radius 2 is 1.93 bits per heavy atom. The molecule has 2 aromatic heterocycles. The standard InChI is InChI=1S/C21H18N4O2S/c1-13-5-10-17-18(12-13)28-21(24-17)15-6-8-16(9-7-15)23-20(27)14(2)25-19(26)4-3-11-22-25/h3-12,14H,1-2H3,(H,23,27). The minimum atomic E-state index is -0.708. The van der Waals surface area contributed by atoms with Gasteiger partial charge in [-0.3, -0.25) is 9.59 Å². The number of thiazole rings is 1. The summed E-state index contributed by atoms with van der Waals surface area (Å²) in [6.45, 7) is 3.71. The van der Waals surface area contributed by atoms with Crippen molar-refractivity contribution in [3.63, 3.8) is 0 Å². The maximum Gasteiger partial charge on any atom is 0.267 e. The lowest BCUT2D eigenvalue weighted by Gasteiger charge is -2.13. The lowest BCUT2D eigenvalue weighted by Crippen LogP contribution is -2.32. The van der Waals surface area contributed by atoms with E-state index < -0.39 is 6.04 Å². The van der Waals surface area contributed by atoms with Gasteiger partial charge in [0.05, 0.1) is 10.2 Å². The molecule has 0 spiro atoms. The Morgan fingerprint density at radius 3 is 2.68 bits per heavy atom. The summed E-state index contributed by atoms with van der Waals surface area (Å²) in [5.74, 6) is -0.302. The Kier molecular flexibility index (Phi) is 4.75. The Hall–Kier alpha value is -3.32. The number of rotatable bonds is 4. The minimum Gasteiger partial charge on any atom is -0.324 e. The summed E-state index contributed by atoms with van der Waals surface area (Å²) in [5.41, 5.74) is 3.53. The van der Waals surface area contributed by atoms with Gasteiger partial charge in [-0.1, -0.05) is 6.07 Å². The summed E-state index contributed by atoms with van der Waals surface area (Å²) in [7, 11) is 0. The molecule has 4 aromatic rings. The maximum absolute atomic E-state index is 12.4.